The predicted octanol–water partition coefficient (Wildman–Crippen LogP) is 5.32. The number of carbonyl (C=O) groups is 1. The molecule has 1 aliphatic carbocycles. The largest absolute Gasteiger partial charge is 0.363 e. The Kier molecular flexibility index (Phi) is 7.65. The molecule has 0 spiro atoms. The van der Waals surface area contributed by atoms with Crippen molar-refractivity contribution in [1.29, 1.82) is 0 Å². The number of fused-ring (bicyclic) bond motifs is 1. The van der Waals surface area contributed by atoms with Crippen LogP contribution in [0.3, 0.4) is 0 Å². The van der Waals surface area contributed by atoms with Gasteiger partial charge in [0.25, 0.3) is 5.56 Å². The summed E-state index contributed by atoms with van der Waals surface area (Å²) >= 11 is 0. The Balaban J connectivity index is 1.30. The summed E-state index contributed by atoms with van der Waals surface area (Å²) in [5.41, 5.74) is 3.44. The van der Waals surface area contributed by atoms with Gasteiger partial charge in [-0.15, -0.1) is 0 Å². The molecule has 2 unspecified atom stereocenters. The SMILES string of the molecule is C=CC(=O)N1CCN(C(CC2CC2)c2ccc(C(C)Nc3cc4c(ccc(=O)n4C(C)C)cn3)cc2)CC1. The molecule has 0 bridgehead atoms. The summed E-state index contributed by atoms with van der Waals surface area (Å²) in [6.45, 7) is 13.1. The van der Waals surface area contributed by atoms with Crippen molar-refractivity contribution in [2.45, 2.75) is 58.2 Å². The second-order valence-corrected chi connectivity index (χ2v) is 11.1. The number of pyridine rings is 2. The van der Waals surface area contributed by atoms with Gasteiger partial charge in [-0.3, -0.25) is 14.5 Å². The third-order valence-corrected chi connectivity index (χ3v) is 8.01. The molecule has 200 valence electrons. The molecule has 1 saturated heterocycles. The van der Waals surface area contributed by atoms with Gasteiger partial charge in [0.05, 0.1) is 5.52 Å². The first kappa shape index (κ1) is 26.2. The maximum atomic E-state index is 12.5. The summed E-state index contributed by atoms with van der Waals surface area (Å²) in [5.74, 6) is 1.60. The van der Waals surface area contributed by atoms with E-state index in [1.54, 1.807) is 6.07 Å². The van der Waals surface area contributed by atoms with Crippen LogP contribution in [0.2, 0.25) is 0 Å². The summed E-state index contributed by atoms with van der Waals surface area (Å²) in [6, 6.07) is 14.9. The molecular formula is C31H39N5O2. The first-order valence-corrected chi connectivity index (χ1v) is 13.9. The molecule has 2 atom stereocenters. The van der Waals surface area contributed by atoms with Crippen molar-refractivity contribution in [1.82, 2.24) is 19.4 Å². The zero-order valence-electron chi connectivity index (χ0n) is 22.8. The maximum Gasteiger partial charge on any atom is 0.251 e. The van der Waals surface area contributed by atoms with E-state index in [0.717, 1.165) is 48.8 Å². The quantitative estimate of drug-likeness (QED) is 0.392. The van der Waals surface area contributed by atoms with Crippen LogP contribution in [0.15, 0.2) is 66.1 Å². The van der Waals surface area contributed by atoms with Gasteiger partial charge in [0.15, 0.2) is 0 Å². The van der Waals surface area contributed by atoms with Gasteiger partial charge in [0.2, 0.25) is 5.91 Å². The van der Waals surface area contributed by atoms with E-state index < -0.39 is 0 Å². The van der Waals surface area contributed by atoms with Gasteiger partial charge < -0.3 is 14.8 Å². The van der Waals surface area contributed by atoms with Crippen molar-refractivity contribution < 1.29 is 4.79 Å². The van der Waals surface area contributed by atoms with Gasteiger partial charge in [-0.2, -0.15) is 0 Å². The van der Waals surface area contributed by atoms with Crippen molar-refractivity contribution in [2.75, 3.05) is 31.5 Å². The van der Waals surface area contributed by atoms with E-state index in [1.165, 1.54) is 36.5 Å². The average molecular weight is 514 g/mol. The molecule has 7 nitrogen and oxygen atoms in total. The Morgan fingerprint density at radius 2 is 1.74 bits per heavy atom. The number of piperazine rings is 1. The number of hydrogen-bond acceptors (Lipinski definition) is 5. The average Bonchev–Trinajstić information content (AvgIpc) is 3.75. The van der Waals surface area contributed by atoms with Crippen molar-refractivity contribution in [3.63, 3.8) is 0 Å². The van der Waals surface area contributed by atoms with E-state index in [2.05, 4.69) is 53.0 Å². The van der Waals surface area contributed by atoms with Crippen LogP contribution < -0.4 is 10.9 Å². The molecule has 1 amide bonds. The van der Waals surface area contributed by atoms with Crippen LogP contribution in [-0.4, -0.2) is 51.4 Å². The highest BCUT2D eigenvalue weighted by Crippen LogP contribution is 2.40. The van der Waals surface area contributed by atoms with E-state index >= 15 is 0 Å². The number of amides is 1. The highest BCUT2D eigenvalue weighted by molar-refractivity contribution is 5.87. The normalized spacial score (nSPS) is 17.9. The fourth-order valence-electron chi connectivity index (χ4n) is 5.62. The lowest BCUT2D eigenvalue weighted by Crippen LogP contribution is -2.49. The van der Waals surface area contributed by atoms with E-state index in [0.29, 0.717) is 6.04 Å². The number of carbonyl (C=O) groups excluding carboxylic acids is 1. The van der Waals surface area contributed by atoms with Crippen molar-refractivity contribution in [3.05, 3.63) is 82.8 Å². The fourth-order valence-corrected chi connectivity index (χ4v) is 5.62. The molecular weight excluding hydrogens is 474 g/mol. The minimum Gasteiger partial charge on any atom is -0.363 e. The lowest BCUT2D eigenvalue weighted by Gasteiger charge is -2.39. The highest BCUT2D eigenvalue weighted by Gasteiger charge is 2.32. The molecule has 3 aromatic rings. The molecule has 2 aromatic heterocycles. The third-order valence-electron chi connectivity index (χ3n) is 8.01. The standard InChI is InChI=1S/C31H39N5O2/c1-5-30(37)35-16-14-34(15-17-35)27(18-23-6-7-23)25-10-8-24(9-11-25)22(4)33-29-19-28-26(20-32-29)12-13-31(38)36(28)21(2)3/h5,8-13,19-23,27H,1,6-7,14-18H2,2-4H3,(H,32,33). The topological polar surface area (TPSA) is 70.5 Å². The monoisotopic (exact) mass is 513 g/mol. The maximum absolute atomic E-state index is 12.5. The number of benzene rings is 1. The first-order chi connectivity index (χ1) is 18.3. The lowest BCUT2D eigenvalue weighted by atomic mass is 9.96. The van der Waals surface area contributed by atoms with Gasteiger partial charge in [0, 0.05) is 68.0 Å². The van der Waals surface area contributed by atoms with Crippen LogP contribution in [0.5, 0.6) is 0 Å². The van der Waals surface area contributed by atoms with E-state index in [9.17, 15) is 9.59 Å². The van der Waals surface area contributed by atoms with Crippen LogP contribution in [0.25, 0.3) is 10.9 Å². The predicted molar refractivity (Wildman–Crippen MR) is 153 cm³/mol. The minimum atomic E-state index is 0.00255. The second kappa shape index (κ2) is 11.1. The van der Waals surface area contributed by atoms with Gasteiger partial charge in [-0.25, -0.2) is 4.98 Å². The number of nitrogens with one attached hydrogen (secondary N) is 1. The summed E-state index contributed by atoms with van der Waals surface area (Å²) in [4.78, 5) is 33.5. The second-order valence-electron chi connectivity index (χ2n) is 11.1. The summed E-state index contributed by atoms with van der Waals surface area (Å²) in [6.07, 6.45) is 7.08. The Labute approximate surface area is 225 Å². The summed E-state index contributed by atoms with van der Waals surface area (Å²) < 4.78 is 1.81. The van der Waals surface area contributed by atoms with Crippen LogP contribution in [-0.2, 0) is 4.79 Å². The zero-order valence-corrected chi connectivity index (χ0v) is 22.8. The lowest BCUT2D eigenvalue weighted by molar-refractivity contribution is -0.128. The highest BCUT2D eigenvalue weighted by atomic mass is 16.2. The van der Waals surface area contributed by atoms with E-state index in [1.807, 2.05) is 41.6 Å². The molecule has 0 radical (unpaired) electrons. The van der Waals surface area contributed by atoms with Crippen LogP contribution in [0, 0.1) is 5.92 Å². The van der Waals surface area contributed by atoms with Crippen molar-refractivity contribution >= 4 is 22.6 Å². The van der Waals surface area contributed by atoms with Crippen LogP contribution in [0.4, 0.5) is 5.82 Å². The molecule has 2 aliphatic rings. The summed E-state index contributed by atoms with van der Waals surface area (Å²) in [7, 11) is 0. The molecule has 7 heteroatoms. The number of rotatable bonds is 9. The Morgan fingerprint density at radius 3 is 2.37 bits per heavy atom. The number of nitrogens with zero attached hydrogens (tertiary/aromatic N) is 4. The first-order valence-electron chi connectivity index (χ1n) is 13.9. The Bertz CT molecular complexity index is 1350. The number of aromatic nitrogens is 2. The molecule has 5 rings (SSSR count). The van der Waals surface area contributed by atoms with Crippen molar-refractivity contribution in [3.8, 4) is 0 Å². The van der Waals surface area contributed by atoms with Crippen LogP contribution >= 0.6 is 0 Å². The smallest absolute Gasteiger partial charge is 0.251 e. The number of hydrogen-bond donors (Lipinski definition) is 1. The van der Waals surface area contributed by atoms with Gasteiger partial charge in [0.1, 0.15) is 5.82 Å². The molecule has 1 saturated carbocycles. The molecule has 1 aliphatic heterocycles. The van der Waals surface area contributed by atoms with Crippen LogP contribution in [0.1, 0.15) is 69.3 Å². The molecule has 3 heterocycles. The molecule has 1 aromatic carbocycles. The zero-order chi connectivity index (χ0) is 26.8. The van der Waals surface area contributed by atoms with Gasteiger partial charge in [-0.05, 0) is 56.4 Å². The Morgan fingerprint density at radius 1 is 1.05 bits per heavy atom. The number of anilines is 1. The van der Waals surface area contributed by atoms with E-state index in [-0.39, 0.29) is 23.6 Å². The Hall–Kier alpha value is -3.45. The molecule has 1 N–H and O–H groups in total. The van der Waals surface area contributed by atoms with Gasteiger partial charge >= 0.3 is 0 Å². The third kappa shape index (κ3) is 5.68. The molecule has 38 heavy (non-hydrogen) atoms. The van der Waals surface area contributed by atoms with Crippen molar-refractivity contribution in [2.24, 2.45) is 5.92 Å². The van der Waals surface area contributed by atoms with E-state index in [4.69, 9.17) is 0 Å². The summed E-state index contributed by atoms with van der Waals surface area (Å²) in [5, 5.41) is 4.48. The van der Waals surface area contributed by atoms with Gasteiger partial charge in [-0.1, -0.05) is 43.7 Å². The minimum absolute atomic E-state index is 0.00255. The molecule has 2 fully saturated rings. The fraction of sp³-hybridized carbons (Fsp3) is 0.452.